The van der Waals surface area contributed by atoms with Crippen molar-refractivity contribution in [1.29, 1.82) is 0 Å². The molecule has 1 saturated heterocycles. The van der Waals surface area contributed by atoms with Crippen molar-refractivity contribution in [3.63, 3.8) is 0 Å². The lowest BCUT2D eigenvalue weighted by Crippen LogP contribution is -2.54. The molecule has 140 valence electrons. The first-order valence-electron chi connectivity index (χ1n) is 9.04. The molecule has 0 N–H and O–H groups in total. The van der Waals surface area contributed by atoms with E-state index in [2.05, 4.69) is 0 Å². The lowest BCUT2D eigenvalue weighted by atomic mass is 9.93. The second-order valence-electron chi connectivity index (χ2n) is 7.04. The van der Waals surface area contributed by atoms with Crippen LogP contribution in [0.4, 0.5) is 10.1 Å². The van der Waals surface area contributed by atoms with Gasteiger partial charge in [-0.1, -0.05) is 24.3 Å². The number of ether oxygens (including phenoxy) is 1. The predicted molar refractivity (Wildman–Crippen MR) is 99.2 cm³/mol. The van der Waals surface area contributed by atoms with Gasteiger partial charge in [-0.05, 0) is 31.0 Å². The molecule has 2 aromatic rings. The Hall–Kier alpha value is -2.89. The van der Waals surface area contributed by atoms with Crippen LogP contribution in [0, 0.1) is 5.82 Å². The van der Waals surface area contributed by atoms with E-state index in [-0.39, 0.29) is 24.2 Å². The molecule has 0 aromatic heterocycles. The number of carbonyl (C=O) groups is 2. The molecule has 2 aliphatic rings. The number of halogens is 1. The van der Waals surface area contributed by atoms with Gasteiger partial charge in [-0.2, -0.15) is 0 Å². The lowest BCUT2D eigenvalue weighted by molar-refractivity contribution is -0.139. The normalized spacial score (nSPS) is 18.4. The fourth-order valence-corrected chi connectivity index (χ4v) is 3.77. The van der Waals surface area contributed by atoms with Gasteiger partial charge in [0.25, 0.3) is 0 Å². The molecule has 0 spiro atoms. The topological polar surface area (TPSA) is 49.9 Å². The van der Waals surface area contributed by atoms with E-state index in [0.717, 1.165) is 5.69 Å². The van der Waals surface area contributed by atoms with E-state index in [4.69, 9.17) is 4.74 Å². The molecule has 2 fully saturated rings. The molecule has 0 radical (unpaired) electrons. The van der Waals surface area contributed by atoms with Crippen molar-refractivity contribution >= 4 is 17.5 Å². The van der Waals surface area contributed by atoms with Crippen molar-refractivity contribution in [3.05, 3.63) is 59.9 Å². The average molecular weight is 368 g/mol. The zero-order valence-corrected chi connectivity index (χ0v) is 15.2. The number of benzene rings is 2. The van der Waals surface area contributed by atoms with Gasteiger partial charge in [-0.25, -0.2) is 4.39 Å². The highest BCUT2D eigenvalue weighted by atomic mass is 19.1. The number of methoxy groups -OCH3 is 1. The summed E-state index contributed by atoms with van der Waals surface area (Å²) in [5.41, 5.74) is 0.392. The molecule has 0 bridgehead atoms. The number of rotatable bonds is 4. The quantitative estimate of drug-likeness (QED) is 0.834. The van der Waals surface area contributed by atoms with E-state index in [1.165, 1.54) is 6.07 Å². The van der Waals surface area contributed by atoms with Gasteiger partial charge in [-0.15, -0.1) is 0 Å². The first-order chi connectivity index (χ1) is 13.0. The Morgan fingerprint density at radius 2 is 1.89 bits per heavy atom. The Bertz CT molecular complexity index is 895. The van der Waals surface area contributed by atoms with Gasteiger partial charge in [0.05, 0.1) is 12.5 Å². The summed E-state index contributed by atoms with van der Waals surface area (Å²) in [7, 11) is 1.58. The highest BCUT2D eigenvalue weighted by Gasteiger charge is 2.54. The van der Waals surface area contributed by atoms with E-state index in [1.54, 1.807) is 41.2 Å². The summed E-state index contributed by atoms with van der Waals surface area (Å²) in [6.07, 6.45) is 1.24. The number of piperazine rings is 1. The lowest BCUT2D eigenvalue weighted by Gasteiger charge is -2.36. The third-order valence-corrected chi connectivity index (χ3v) is 5.42. The van der Waals surface area contributed by atoms with Gasteiger partial charge in [0.2, 0.25) is 11.8 Å². The minimum absolute atomic E-state index is 0.00620. The van der Waals surface area contributed by atoms with Gasteiger partial charge in [0.15, 0.2) is 0 Å². The van der Waals surface area contributed by atoms with Crippen molar-refractivity contribution < 1.29 is 18.7 Å². The summed E-state index contributed by atoms with van der Waals surface area (Å²) in [5, 5.41) is 0. The Morgan fingerprint density at radius 1 is 1.11 bits per heavy atom. The Morgan fingerprint density at radius 3 is 2.56 bits per heavy atom. The molecule has 1 heterocycles. The molecule has 1 aliphatic heterocycles. The van der Waals surface area contributed by atoms with Crippen LogP contribution in [0.1, 0.15) is 18.4 Å². The van der Waals surface area contributed by atoms with E-state index < -0.39 is 5.41 Å². The maximum absolute atomic E-state index is 14.2. The SMILES string of the molecule is COc1cccc(N2CCN(C(=O)C3(c4ccccc4F)CC3)CC2=O)c1. The Balaban J connectivity index is 1.51. The van der Waals surface area contributed by atoms with Crippen molar-refractivity contribution in [2.24, 2.45) is 0 Å². The molecule has 2 amide bonds. The van der Waals surface area contributed by atoms with Crippen LogP contribution >= 0.6 is 0 Å². The van der Waals surface area contributed by atoms with Gasteiger partial charge in [0, 0.05) is 30.4 Å². The summed E-state index contributed by atoms with van der Waals surface area (Å²) in [5.74, 6) is 0.0263. The first-order valence-corrected chi connectivity index (χ1v) is 9.04. The summed E-state index contributed by atoms with van der Waals surface area (Å²) in [6.45, 7) is 0.843. The van der Waals surface area contributed by atoms with E-state index in [9.17, 15) is 14.0 Å². The highest BCUT2D eigenvalue weighted by Crippen LogP contribution is 2.50. The summed E-state index contributed by atoms with van der Waals surface area (Å²) >= 11 is 0. The molecule has 1 aliphatic carbocycles. The smallest absolute Gasteiger partial charge is 0.246 e. The van der Waals surface area contributed by atoms with E-state index in [0.29, 0.717) is 37.2 Å². The van der Waals surface area contributed by atoms with Crippen molar-refractivity contribution in [3.8, 4) is 5.75 Å². The molecular formula is C21H21FN2O3. The van der Waals surface area contributed by atoms with E-state index in [1.807, 2.05) is 18.2 Å². The van der Waals surface area contributed by atoms with Crippen molar-refractivity contribution in [1.82, 2.24) is 4.90 Å². The molecule has 4 rings (SSSR count). The van der Waals surface area contributed by atoms with Crippen molar-refractivity contribution in [2.45, 2.75) is 18.3 Å². The number of hydrogen-bond donors (Lipinski definition) is 0. The summed E-state index contributed by atoms with van der Waals surface area (Å²) in [4.78, 5) is 29.0. The van der Waals surface area contributed by atoms with Crippen LogP contribution in [0.2, 0.25) is 0 Å². The molecular weight excluding hydrogens is 347 g/mol. The number of amides is 2. The maximum Gasteiger partial charge on any atom is 0.246 e. The molecule has 1 saturated carbocycles. The van der Waals surface area contributed by atoms with Gasteiger partial charge >= 0.3 is 0 Å². The average Bonchev–Trinajstić information content (AvgIpc) is 3.49. The zero-order valence-electron chi connectivity index (χ0n) is 15.2. The van der Waals surface area contributed by atoms with Crippen LogP contribution < -0.4 is 9.64 Å². The van der Waals surface area contributed by atoms with Crippen LogP contribution in [0.25, 0.3) is 0 Å². The minimum Gasteiger partial charge on any atom is -0.497 e. The second-order valence-corrected chi connectivity index (χ2v) is 7.04. The molecule has 0 unspecified atom stereocenters. The molecule has 5 nitrogen and oxygen atoms in total. The maximum atomic E-state index is 14.2. The molecule has 0 atom stereocenters. The minimum atomic E-state index is -0.802. The number of nitrogens with zero attached hydrogens (tertiary/aromatic N) is 2. The number of carbonyl (C=O) groups excluding carboxylic acids is 2. The van der Waals surface area contributed by atoms with Crippen molar-refractivity contribution in [2.75, 3.05) is 31.6 Å². The molecule has 6 heteroatoms. The Labute approximate surface area is 157 Å². The third kappa shape index (κ3) is 3.05. The van der Waals surface area contributed by atoms with Gasteiger partial charge in [0.1, 0.15) is 18.1 Å². The standard InChI is InChI=1S/C21H21FN2O3/c1-27-16-6-4-5-15(13-16)24-12-11-23(14-19(24)25)20(26)21(9-10-21)17-7-2-3-8-18(17)22/h2-8,13H,9-12,14H2,1H3. The largest absolute Gasteiger partial charge is 0.497 e. The first kappa shape index (κ1) is 17.5. The summed E-state index contributed by atoms with van der Waals surface area (Å²) < 4.78 is 19.4. The predicted octanol–water partition coefficient (Wildman–Crippen LogP) is 2.74. The number of anilines is 1. The third-order valence-electron chi connectivity index (χ3n) is 5.42. The Kier molecular flexibility index (Phi) is 4.34. The second kappa shape index (κ2) is 6.68. The van der Waals surface area contributed by atoms with Crippen LogP contribution in [-0.4, -0.2) is 43.5 Å². The fraction of sp³-hybridized carbons (Fsp3) is 0.333. The fourth-order valence-electron chi connectivity index (χ4n) is 3.77. The zero-order chi connectivity index (χ0) is 19.0. The van der Waals surface area contributed by atoms with Crippen LogP contribution in [-0.2, 0) is 15.0 Å². The van der Waals surface area contributed by atoms with Gasteiger partial charge < -0.3 is 14.5 Å². The van der Waals surface area contributed by atoms with E-state index >= 15 is 0 Å². The summed E-state index contributed by atoms with van der Waals surface area (Å²) in [6, 6.07) is 13.7. The number of hydrogen-bond acceptors (Lipinski definition) is 3. The van der Waals surface area contributed by atoms with Crippen LogP contribution in [0.15, 0.2) is 48.5 Å². The van der Waals surface area contributed by atoms with Crippen LogP contribution in [0.3, 0.4) is 0 Å². The van der Waals surface area contributed by atoms with Crippen LogP contribution in [0.5, 0.6) is 5.75 Å². The highest BCUT2D eigenvalue weighted by molar-refractivity contribution is 6.00. The monoisotopic (exact) mass is 368 g/mol. The van der Waals surface area contributed by atoms with Gasteiger partial charge in [-0.3, -0.25) is 9.59 Å². The molecule has 2 aromatic carbocycles. The molecule has 27 heavy (non-hydrogen) atoms.